The van der Waals surface area contributed by atoms with E-state index in [1.807, 2.05) is 0 Å². The van der Waals surface area contributed by atoms with Crippen LogP contribution in [0.25, 0.3) is 0 Å². The molecule has 0 saturated carbocycles. The molecule has 0 fully saturated rings. The van der Waals surface area contributed by atoms with Gasteiger partial charge in [0.1, 0.15) is 5.82 Å². The Balaban J connectivity index is 2.29. The van der Waals surface area contributed by atoms with E-state index in [-0.39, 0.29) is 15.6 Å². The molecular formula is C13H12ClFN2O3S. The number of rotatable bonds is 5. The highest BCUT2D eigenvalue weighted by Gasteiger charge is 2.22. The number of nitrogens with one attached hydrogen (secondary N) is 1. The summed E-state index contributed by atoms with van der Waals surface area (Å²) in [5.41, 5.74) is 0.263. The van der Waals surface area contributed by atoms with Crippen molar-refractivity contribution in [2.24, 2.45) is 0 Å². The van der Waals surface area contributed by atoms with Crippen LogP contribution in [-0.4, -0.2) is 25.1 Å². The minimum atomic E-state index is -3.92. The Labute approximate surface area is 126 Å². The number of hydrogen-bond acceptors (Lipinski definition) is 4. The van der Waals surface area contributed by atoms with E-state index in [2.05, 4.69) is 9.71 Å². The van der Waals surface area contributed by atoms with E-state index in [0.717, 1.165) is 6.07 Å². The number of aliphatic hydroxyl groups is 1. The van der Waals surface area contributed by atoms with Crippen molar-refractivity contribution in [1.29, 1.82) is 0 Å². The van der Waals surface area contributed by atoms with Gasteiger partial charge in [-0.15, -0.1) is 0 Å². The second-order valence-electron chi connectivity index (χ2n) is 4.20. The van der Waals surface area contributed by atoms with Crippen LogP contribution in [0.15, 0.2) is 47.6 Å². The molecule has 5 nitrogen and oxygen atoms in total. The van der Waals surface area contributed by atoms with Crippen molar-refractivity contribution >= 4 is 21.6 Å². The lowest BCUT2D eigenvalue weighted by atomic mass is 10.1. The number of hydrogen-bond donors (Lipinski definition) is 2. The van der Waals surface area contributed by atoms with Crippen LogP contribution in [-0.2, 0) is 10.0 Å². The molecule has 0 aliphatic heterocycles. The molecule has 0 bridgehead atoms. The van der Waals surface area contributed by atoms with Crippen molar-refractivity contribution in [3.63, 3.8) is 0 Å². The van der Waals surface area contributed by atoms with E-state index < -0.39 is 28.5 Å². The largest absolute Gasteiger partial charge is 0.394 e. The predicted molar refractivity (Wildman–Crippen MR) is 75.8 cm³/mol. The zero-order chi connectivity index (χ0) is 15.5. The van der Waals surface area contributed by atoms with E-state index >= 15 is 0 Å². The summed E-state index contributed by atoms with van der Waals surface area (Å²) in [7, 11) is -3.92. The number of halogens is 2. The van der Waals surface area contributed by atoms with Gasteiger partial charge in [0.2, 0.25) is 0 Å². The Bertz CT molecular complexity index is 725. The van der Waals surface area contributed by atoms with Gasteiger partial charge >= 0.3 is 0 Å². The summed E-state index contributed by atoms with van der Waals surface area (Å²) < 4.78 is 39.9. The number of aromatic nitrogens is 1. The summed E-state index contributed by atoms with van der Waals surface area (Å²) in [6, 6.07) is 7.23. The zero-order valence-electron chi connectivity index (χ0n) is 10.7. The van der Waals surface area contributed by atoms with Crippen LogP contribution in [0.5, 0.6) is 0 Å². The number of benzene rings is 1. The molecule has 0 spiro atoms. The second-order valence-corrected chi connectivity index (χ2v) is 6.27. The molecule has 1 atom stereocenters. The highest BCUT2D eigenvalue weighted by Crippen LogP contribution is 2.21. The highest BCUT2D eigenvalue weighted by molar-refractivity contribution is 7.89. The number of nitrogens with zero attached hydrogens (tertiary/aromatic N) is 1. The third-order valence-corrected chi connectivity index (χ3v) is 4.43. The molecular weight excluding hydrogens is 319 g/mol. The number of pyridine rings is 1. The van der Waals surface area contributed by atoms with Gasteiger partial charge in [0, 0.05) is 6.20 Å². The van der Waals surface area contributed by atoms with Crippen molar-refractivity contribution in [3.05, 3.63) is 59.0 Å². The van der Waals surface area contributed by atoms with Crippen molar-refractivity contribution in [3.8, 4) is 0 Å². The van der Waals surface area contributed by atoms with Gasteiger partial charge in [-0.25, -0.2) is 17.8 Å². The predicted octanol–water partition coefficient (Wildman–Crippen LogP) is 1.89. The van der Waals surface area contributed by atoms with Gasteiger partial charge in [-0.05, 0) is 29.8 Å². The van der Waals surface area contributed by atoms with Gasteiger partial charge < -0.3 is 5.11 Å². The molecule has 1 aromatic carbocycles. The topological polar surface area (TPSA) is 79.3 Å². The molecule has 0 amide bonds. The lowest BCUT2D eigenvalue weighted by Gasteiger charge is -2.16. The van der Waals surface area contributed by atoms with Crippen molar-refractivity contribution in [2.45, 2.75) is 11.1 Å². The van der Waals surface area contributed by atoms with Crippen LogP contribution < -0.4 is 4.72 Å². The molecule has 8 heteroatoms. The number of aliphatic hydroxyl groups excluding tert-OH is 1. The SMILES string of the molecule is O=S(=O)(NC(CO)c1ccc(Cl)c(F)c1)c1ccccn1. The summed E-state index contributed by atoms with van der Waals surface area (Å²) >= 11 is 5.57. The third-order valence-electron chi connectivity index (χ3n) is 2.74. The first kappa shape index (κ1) is 15.8. The lowest BCUT2D eigenvalue weighted by Crippen LogP contribution is -2.31. The van der Waals surface area contributed by atoms with E-state index in [9.17, 15) is 17.9 Å². The van der Waals surface area contributed by atoms with Crippen molar-refractivity contribution < 1.29 is 17.9 Å². The van der Waals surface area contributed by atoms with Gasteiger partial charge in [-0.1, -0.05) is 23.7 Å². The Morgan fingerprint density at radius 3 is 2.67 bits per heavy atom. The Morgan fingerprint density at radius 1 is 1.33 bits per heavy atom. The van der Waals surface area contributed by atoms with Gasteiger partial charge in [-0.2, -0.15) is 4.72 Å². The smallest absolute Gasteiger partial charge is 0.258 e. The van der Waals surface area contributed by atoms with Crippen LogP contribution >= 0.6 is 11.6 Å². The molecule has 0 aliphatic carbocycles. The molecule has 1 aromatic heterocycles. The average Bonchev–Trinajstić information content (AvgIpc) is 2.49. The summed E-state index contributed by atoms with van der Waals surface area (Å²) in [6.07, 6.45) is 1.34. The van der Waals surface area contributed by atoms with Crippen LogP contribution in [0.2, 0.25) is 5.02 Å². The monoisotopic (exact) mass is 330 g/mol. The fraction of sp³-hybridized carbons (Fsp3) is 0.154. The van der Waals surface area contributed by atoms with Gasteiger partial charge in [0.25, 0.3) is 10.0 Å². The van der Waals surface area contributed by atoms with Gasteiger partial charge in [0.15, 0.2) is 5.03 Å². The maximum Gasteiger partial charge on any atom is 0.258 e. The van der Waals surface area contributed by atoms with Crippen LogP contribution in [0, 0.1) is 5.82 Å². The zero-order valence-corrected chi connectivity index (χ0v) is 12.3. The molecule has 0 radical (unpaired) electrons. The molecule has 1 heterocycles. The van der Waals surface area contributed by atoms with Gasteiger partial charge in [0.05, 0.1) is 17.7 Å². The van der Waals surface area contributed by atoms with Gasteiger partial charge in [-0.3, -0.25) is 0 Å². The fourth-order valence-electron chi connectivity index (χ4n) is 1.69. The van der Waals surface area contributed by atoms with Crippen molar-refractivity contribution in [1.82, 2.24) is 9.71 Å². The lowest BCUT2D eigenvalue weighted by molar-refractivity contribution is 0.258. The number of sulfonamides is 1. The van der Waals surface area contributed by atoms with E-state index in [0.29, 0.717) is 0 Å². The molecule has 2 aromatic rings. The van der Waals surface area contributed by atoms with E-state index in [4.69, 9.17) is 11.6 Å². The Morgan fingerprint density at radius 2 is 2.10 bits per heavy atom. The molecule has 1 unspecified atom stereocenters. The third kappa shape index (κ3) is 3.76. The van der Waals surface area contributed by atoms with Crippen molar-refractivity contribution in [2.75, 3.05) is 6.61 Å². The molecule has 112 valence electrons. The molecule has 21 heavy (non-hydrogen) atoms. The Hall–Kier alpha value is -1.54. The first-order chi connectivity index (χ1) is 9.94. The van der Waals surface area contributed by atoms with Crippen LogP contribution in [0.4, 0.5) is 4.39 Å². The molecule has 0 saturated heterocycles. The van der Waals surface area contributed by atoms with E-state index in [1.54, 1.807) is 6.07 Å². The van der Waals surface area contributed by atoms with Crippen LogP contribution in [0.3, 0.4) is 0 Å². The average molecular weight is 331 g/mol. The normalized spacial score (nSPS) is 13.1. The van der Waals surface area contributed by atoms with E-state index in [1.165, 1.54) is 30.5 Å². The fourth-order valence-corrected chi connectivity index (χ4v) is 2.97. The summed E-state index contributed by atoms with van der Waals surface area (Å²) in [4.78, 5) is 3.74. The Kier molecular flexibility index (Phi) is 4.89. The molecule has 0 aliphatic rings. The summed E-state index contributed by atoms with van der Waals surface area (Å²) in [6.45, 7) is -0.535. The first-order valence-corrected chi connectivity index (χ1v) is 7.79. The minimum absolute atomic E-state index is 0.0805. The van der Waals surface area contributed by atoms with Crippen LogP contribution in [0.1, 0.15) is 11.6 Å². The minimum Gasteiger partial charge on any atom is -0.394 e. The maximum atomic E-state index is 13.4. The molecule has 2 rings (SSSR count). The first-order valence-electron chi connectivity index (χ1n) is 5.93. The quantitative estimate of drug-likeness (QED) is 0.877. The second kappa shape index (κ2) is 6.48. The summed E-state index contributed by atoms with van der Waals surface area (Å²) in [5.74, 6) is -0.690. The highest BCUT2D eigenvalue weighted by atomic mass is 35.5. The summed E-state index contributed by atoms with van der Waals surface area (Å²) in [5, 5.41) is 9.08. The standard InChI is InChI=1S/C13H12ClFN2O3S/c14-10-5-4-9(7-11(10)15)12(8-18)17-21(19,20)13-3-1-2-6-16-13/h1-7,12,17-18H,8H2. The maximum absolute atomic E-state index is 13.4. The molecule has 2 N–H and O–H groups in total.